The van der Waals surface area contributed by atoms with Crippen molar-refractivity contribution in [2.75, 3.05) is 19.5 Å². The largest absolute Gasteiger partial charge is 0.493 e. The van der Waals surface area contributed by atoms with Crippen molar-refractivity contribution < 1.29 is 18.7 Å². The molecule has 0 bridgehead atoms. The summed E-state index contributed by atoms with van der Waals surface area (Å²) < 4.78 is 24.0. The van der Waals surface area contributed by atoms with Gasteiger partial charge in [-0.2, -0.15) is 0 Å². The van der Waals surface area contributed by atoms with Crippen LogP contribution in [-0.2, 0) is 0 Å². The third-order valence-corrected chi connectivity index (χ3v) is 3.75. The van der Waals surface area contributed by atoms with Gasteiger partial charge in [0.2, 0.25) is 5.43 Å². The first-order valence-electron chi connectivity index (χ1n) is 7.38. The van der Waals surface area contributed by atoms with Crippen molar-refractivity contribution in [2.45, 2.75) is 0 Å². The summed E-state index contributed by atoms with van der Waals surface area (Å²) in [6.45, 7) is 0. The molecule has 3 aromatic rings. The number of fused-ring (bicyclic) bond motifs is 1. The maximum absolute atomic E-state index is 13.7. The van der Waals surface area contributed by atoms with Crippen LogP contribution in [0.5, 0.6) is 11.5 Å². The minimum atomic E-state index is -0.611. The minimum Gasteiger partial charge on any atom is -0.493 e. The van der Waals surface area contributed by atoms with E-state index in [1.165, 1.54) is 38.6 Å². The number of rotatable bonds is 4. The summed E-state index contributed by atoms with van der Waals surface area (Å²) in [6, 6.07) is 8.95. The van der Waals surface area contributed by atoms with Gasteiger partial charge in [0, 0.05) is 23.3 Å². The first-order chi connectivity index (χ1) is 12.0. The molecular formula is C18H15FN2O4. The van der Waals surface area contributed by atoms with Gasteiger partial charge in [-0.15, -0.1) is 0 Å². The Labute approximate surface area is 142 Å². The van der Waals surface area contributed by atoms with E-state index in [0.29, 0.717) is 17.2 Å². The summed E-state index contributed by atoms with van der Waals surface area (Å²) in [5.74, 6) is -0.213. The Morgan fingerprint density at radius 2 is 1.88 bits per heavy atom. The molecule has 2 aromatic carbocycles. The molecule has 0 saturated heterocycles. The van der Waals surface area contributed by atoms with Crippen molar-refractivity contribution >= 4 is 22.5 Å². The van der Waals surface area contributed by atoms with Crippen molar-refractivity contribution in [3.63, 3.8) is 0 Å². The molecule has 3 rings (SSSR count). The molecule has 0 aliphatic rings. The summed E-state index contributed by atoms with van der Waals surface area (Å²) in [4.78, 5) is 27.5. The number of nitrogens with one attached hydrogen (secondary N) is 2. The van der Waals surface area contributed by atoms with Crippen LogP contribution in [-0.4, -0.2) is 25.1 Å². The summed E-state index contributed by atoms with van der Waals surface area (Å²) in [5.41, 5.74) is -0.171. The van der Waals surface area contributed by atoms with Gasteiger partial charge in [0.1, 0.15) is 11.4 Å². The smallest absolute Gasteiger partial charge is 0.261 e. The number of hydrogen-bond donors (Lipinski definition) is 2. The van der Waals surface area contributed by atoms with E-state index in [-0.39, 0.29) is 16.5 Å². The normalized spacial score (nSPS) is 10.5. The van der Waals surface area contributed by atoms with Crippen molar-refractivity contribution in [3.8, 4) is 11.5 Å². The Kier molecular flexibility index (Phi) is 4.38. The van der Waals surface area contributed by atoms with E-state index in [9.17, 15) is 14.0 Å². The molecule has 0 radical (unpaired) electrons. The lowest BCUT2D eigenvalue weighted by Gasteiger charge is -2.10. The zero-order valence-corrected chi connectivity index (χ0v) is 13.6. The number of amides is 1. The first-order valence-corrected chi connectivity index (χ1v) is 7.38. The average molecular weight is 342 g/mol. The molecule has 0 atom stereocenters. The standard InChI is InChI=1S/C18H15FN2O4/c1-24-14-7-6-10(8-15(14)25-2)21-18(23)12-9-20-16-11(17(12)22)4-3-5-13(16)19/h3-9H,1-2H3,(H,20,22)(H,21,23). The number of carbonyl (C=O) groups is 1. The van der Waals surface area contributed by atoms with E-state index in [0.717, 1.165) is 0 Å². The lowest BCUT2D eigenvalue weighted by atomic mass is 10.1. The number of hydrogen-bond acceptors (Lipinski definition) is 4. The van der Waals surface area contributed by atoms with Crippen LogP contribution in [0, 0.1) is 5.82 Å². The monoisotopic (exact) mass is 342 g/mol. The number of H-pyrrole nitrogens is 1. The number of pyridine rings is 1. The van der Waals surface area contributed by atoms with Gasteiger partial charge in [0.25, 0.3) is 5.91 Å². The fourth-order valence-corrected chi connectivity index (χ4v) is 2.50. The number of para-hydroxylation sites is 1. The predicted molar refractivity (Wildman–Crippen MR) is 92.0 cm³/mol. The van der Waals surface area contributed by atoms with Crippen LogP contribution in [0.4, 0.5) is 10.1 Å². The highest BCUT2D eigenvalue weighted by Gasteiger charge is 2.15. The molecule has 0 unspecified atom stereocenters. The number of methoxy groups -OCH3 is 2. The Morgan fingerprint density at radius 1 is 1.12 bits per heavy atom. The van der Waals surface area contributed by atoms with Crippen molar-refractivity contribution in [3.05, 3.63) is 64.2 Å². The Balaban J connectivity index is 1.95. The summed E-state index contributed by atoms with van der Waals surface area (Å²) in [5, 5.41) is 2.73. The van der Waals surface area contributed by atoms with Gasteiger partial charge in [-0.1, -0.05) is 6.07 Å². The molecule has 6 nitrogen and oxygen atoms in total. The topological polar surface area (TPSA) is 80.4 Å². The Hall–Kier alpha value is -3.35. The van der Waals surface area contributed by atoms with Crippen molar-refractivity contribution in [1.82, 2.24) is 4.98 Å². The number of benzene rings is 2. The van der Waals surface area contributed by atoms with Crippen LogP contribution in [0.3, 0.4) is 0 Å². The van der Waals surface area contributed by atoms with E-state index in [1.54, 1.807) is 18.2 Å². The quantitative estimate of drug-likeness (QED) is 0.764. The second-order valence-electron chi connectivity index (χ2n) is 5.22. The van der Waals surface area contributed by atoms with Crippen LogP contribution in [0.25, 0.3) is 10.9 Å². The zero-order valence-electron chi connectivity index (χ0n) is 13.6. The first kappa shape index (κ1) is 16.5. The Bertz CT molecular complexity index is 1010. The summed E-state index contributed by atoms with van der Waals surface area (Å²) >= 11 is 0. The van der Waals surface area contributed by atoms with Crippen LogP contribution >= 0.6 is 0 Å². The number of aromatic nitrogens is 1. The van der Waals surface area contributed by atoms with E-state index in [4.69, 9.17) is 9.47 Å². The van der Waals surface area contributed by atoms with E-state index in [2.05, 4.69) is 10.3 Å². The second-order valence-corrected chi connectivity index (χ2v) is 5.22. The average Bonchev–Trinajstić information content (AvgIpc) is 2.62. The molecular weight excluding hydrogens is 327 g/mol. The number of carbonyl (C=O) groups excluding carboxylic acids is 1. The summed E-state index contributed by atoms with van der Waals surface area (Å²) in [6.07, 6.45) is 1.20. The molecule has 2 N–H and O–H groups in total. The predicted octanol–water partition coefficient (Wildman–Crippen LogP) is 2.94. The highest BCUT2D eigenvalue weighted by atomic mass is 19.1. The fraction of sp³-hybridized carbons (Fsp3) is 0.111. The SMILES string of the molecule is COc1ccc(NC(=O)c2c[nH]c3c(F)cccc3c2=O)cc1OC. The van der Waals surface area contributed by atoms with Crippen molar-refractivity contribution in [1.29, 1.82) is 0 Å². The molecule has 1 aromatic heterocycles. The van der Waals surface area contributed by atoms with Crippen LogP contribution in [0.1, 0.15) is 10.4 Å². The fourth-order valence-electron chi connectivity index (χ4n) is 2.50. The molecule has 1 heterocycles. The van der Waals surface area contributed by atoms with Crippen LogP contribution < -0.4 is 20.2 Å². The van der Waals surface area contributed by atoms with Crippen LogP contribution in [0.15, 0.2) is 47.4 Å². The maximum Gasteiger partial charge on any atom is 0.261 e. The minimum absolute atomic E-state index is 0.0650. The van der Waals surface area contributed by atoms with Gasteiger partial charge in [0.05, 0.1) is 19.7 Å². The van der Waals surface area contributed by atoms with E-state index in [1.807, 2.05) is 0 Å². The van der Waals surface area contributed by atoms with Crippen LogP contribution in [0.2, 0.25) is 0 Å². The summed E-state index contributed by atoms with van der Waals surface area (Å²) in [7, 11) is 2.98. The molecule has 0 spiro atoms. The third kappa shape index (κ3) is 3.03. The molecule has 25 heavy (non-hydrogen) atoms. The van der Waals surface area contributed by atoms with E-state index < -0.39 is 17.2 Å². The molecule has 1 amide bonds. The highest BCUT2D eigenvalue weighted by molar-refractivity contribution is 6.05. The maximum atomic E-state index is 13.7. The number of anilines is 1. The number of halogens is 1. The molecule has 128 valence electrons. The number of aromatic amines is 1. The second kappa shape index (κ2) is 6.64. The number of ether oxygens (including phenoxy) is 2. The van der Waals surface area contributed by atoms with Gasteiger partial charge < -0.3 is 19.8 Å². The van der Waals surface area contributed by atoms with Gasteiger partial charge in [-0.25, -0.2) is 4.39 Å². The van der Waals surface area contributed by atoms with Gasteiger partial charge in [0.15, 0.2) is 11.5 Å². The molecule has 0 fully saturated rings. The van der Waals surface area contributed by atoms with Crippen molar-refractivity contribution in [2.24, 2.45) is 0 Å². The highest BCUT2D eigenvalue weighted by Crippen LogP contribution is 2.29. The third-order valence-electron chi connectivity index (χ3n) is 3.75. The van der Waals surface area contributed by atoms with Gasteiger partial charge in [-0.05, 0) is 24.3 Å². The molecule has 0 saturated carbocycles. The molecule has 7 heteroatoms. The lowest BCUT2D eigenvalue weighted by molar-refractivity contribution is 0.102. The van der Waals surface area contributed by atoms with Gasteiger partial charge >= 0.3 is 0 Å². The zero-order chi connectivity index (χ0) is 18.0. The Morgan fingerprint density at radius 3 is 2.60 bits per heavy atom. The molecule has 0 aliphatic heterocycles. The lowest BCUT2D eigenvalue weighted by Crippen LogP contribution is -2.22. The molecule has 0 aliphatic carbocycles. The van der Waals surface area contributed by atoms with E-state index >= 15 is 0 Å². The van der Waals surface area contributed by atoms with Gasteiger partial charge in [-0.3, -0.25) is 9.59 Å².